The minimum atomic E-state index is -0.958. The van der Waals surface area contributed by atoms with Crippen LogP contribution in [0.3, 0.4) is 0 Å². The standard InChI is InChI=1S/C24H26N4O4/c1-25-17(12-15-6-3-2-4-7-15)14-26-13-16-8-5-9-18-21(16)24(32)28(23(18)31)19-10-11-20(29)27-22(19)30/h2-9,17,19,25-26H,10-14H2,1H3,(H,27,29,30). The molecule has 8 heteroatoms. The van der Waals surface area contributed by atoms with Crippen LogP contribution in [-0.2, 0) is 22.6 Å². The van der Waals surface area contributed by atoms with Gasteiger partial charge in [-0.25, -0.2) is 0 Å². The molecule has 1 saturated heterocycles. The third-order valence-corrected chi connectivity index (χ3v) is 5.99. The summed E-state index contributed by atoms with van der Waals surface area (Å²) in [6.45, 7) is 1.09. The molecule has 2 atom stereocenters. The van der Waals surface area contributed by atoms with Crippen molar-refractivity contribution in [3.8, 4) is 0 Å². The van der Waals surface area contributed by atoms with E-state index >= 15 is 0 Å². The Hall–Kier alpha value is -3.36. The number of hydrogen-bond acceptors (Lipinski definition) is 6. The predicted octanol–water partition coefficient (Wildman–Crippen LogP) is 1.01. The molecule has 4 amide bonds. The van der Waals surface area contributed by atoms with Crippen molar-refractivity contribution in [1.29, 1.82) is 0 Å². The molecule has 0 spiro atoms. The number of nitrogens with one attached hydrogen (secondary N) is 3. The Morgan fingerprint density at radius 2 is 1.81 bits per heavy atom. The van der Waals surface area contributed by atoms with Gasteiger partial charge in [-0.15, -0.1) is 0 Å². The first-order chi connectivity index (χ1) is 15.5. The second-order valence-corrected chi connectivity index (χ2v) is 8.09. The summed E-state index contributed by atoms with van der Waals surface area (Å²) in [5, 5.41) is 8.90. The average molecular weight is 434 g/mol. The highest BCUT2D eigenvalue weighted by Gasteiger charge is 2.45. The number of benzene rings is 2. The summed E-state index contributed by atoms with van der Waals surface area (Å²) < 4.78 is 0. The lowest BCUT2D eigenvalue weighted by atomic mass is 10.0. The first-order valence-electron chi connectivity index (χ1n) is 10.7. The Labute approximate surface area is 186 Å². The molecule has 0 aliphatic carbocycles. The van der Waals surface area contributed by atoms with E-state index in [9.17, 15) is 19.2 Å². The molecule has 0 bridgehead atoms. The number of imide groups is 2. The van der Waals surface area contributed by atoms with E-state index in [1.165, 1.54) is 5.56 Å². The quantitative estimate of drug-likeness (QED) is 0.536. The van der Waals surface area contributed by atoms with Crippen LogP contribution in [0, 0.1) is 0 Å². The van der Waals surface area contributed by atoms with Gasteiger partial charge in [0.25, 0.3) is 11.8 Å². The number of likely N-dealkylation sites (N-methyl/N-ethyl adjacent to an activating group) is 1. The third kappa shape index (κ3) is 4.32. The van der Waals surface area contributed by atoms with E-state index in [1.807, 2.05) is 31.3 Å². The van der Waals surface area contributed by atoms with Crippen LogP contribution in [-0.4, -0.2) is 54.2 Å². The van der Waals surface area contributed by atoms with Crippen LogP contribution in [0.1, 0.15) is 44.7 Å². The fourth-order valence-electron chi connectivity index (χ4n) is 4.29. The zero-order valence-corrected chi connectivity index (χ0v) is 17.9. The summed E-state index contributed by atoms with van der Waals surface area (Å²) in [5.74, 6) is -1.96. The predicted molar refractivity (Wildman–Crippen MR) is 118 cm³/mol. The lowest BCUT2D eigenvalue weighted by molar-refractivity contribution is -0.136. The number of amides is 4. The van der Waals surface area contributed by atoms with Crippen molar-refractivity contribution in [2.24, 2.45) is 0 Å². The van der Waals surface area contributed by atoms with E-state index in [0.717, 1.165) is 11.3 Å². The summed E-state index contributed by atoms with van der Waals surface area (Å²) in [5.41, 5.74) is 2.58. The molecule has 2 aliphatic rings. The average Bonchev–Trinajstić information content (AvgIpc) is 3.05. The largest absolute Gasteiger partial charge is 0.315 e. The highest BCUT2D eigenvalue weighted by atomic mass is 16.2. The highest BCUT2D eigenvalue weighted by Crippen LogP contribution is 2.29. The minimum absolute atomic E-state index is 0.102. The van der Waals surface area contributed by atoms with Crippen molar-refractivity contribution in [2.75, 3.05) is 13.6 Å². The molecule has 4 rings (SSSR count). The molecule has 32 heavy (non-hydrogen) atoms. The zero-order chi connectivity index (χ0) is 22.7. The Morgan fingerprint density at radius 3 is 2.53 bits per heavy atom. The molecule has 2 heterocycles. The van der Waals surface area contributed by atoms with Crippen LogP contribution in [0.5, 0.6) is 0 Å². The van der Waals surface area contributed by atoms with Crippen LogP contribution in [0.15, 0.2) is 48.5 Å². The van der Waals surface area contributed by atoms with Gasteiger partial charge >= 0.3 is 0 Å². The fourth-order valence-corrected chi connectivity index (χ4v) is 4.29. The van der Waals surface area contributed by atoms with E-state index in [2.05, 4.69) is 28.1 Å². The van der Waals surface area contributed by atoms with Gasteiger partial charge in [-0.05, 0) is 37.1 Å². The summed E-state index contributed by atoms with van der Waals surface area (Å²) in [6, 6.07) is 14.6. The van der Waals surface area contributed by atoms with Crippen molar-refractivity contribution in [2.45, 2.75) is 37.9 Å². The van der Waals surface area contributed by atoms with E-state index in [0.29, 0.717) is 29.8 Å². The van der Waals surface area contributed by atoms with Gasteiger partial charge in [-0.3, -0.25) is 29.4 Å². The maximum Gasteiger partial charge on any atom is 0.262 e. The normalized spacial score (nSPS) is 19.2. The van der Waals surface area contributed by atoms with Crippen molar-refractivity contribution in [1.82, 2.24) is 20.9 Å². The van der Waals surface area contributed by atoms with E-state index in [-0.39, 0.29) is 24.8 Å². The van der Waals surface area contributed by atoms with Gasteiger partial charge in [-0.1, -0.05) is 42.5 Å². The van der Waals surface area contributed by atoms with E-state index < -0.39 is 23.8 Å². The van der Waals surface area contributed by atoms with Crippen molar-refractivity contribution < 1.29 is 19.2 Å². The fraction of sp³-hybridized carbons (Fsp3) is 0.333. The molecule has 8 nitrogen and oxygen atoms in total. The lowest BCUT2D eigenvalue weighted by Crippen LogP contribution is -2.54. The van der Waals surface area contributed by atoms with Crippen LogP contribution in [0.2, 0.25) is 0 Å². The molecule has 2 aliphatic heterocycles. The van der Waals surface area contributed by atoms with Gasteiger partial charge in [0, 0.05) is 25.6 Å². The van der Waals surface area contributed by atoms with Crippen LogP contribution < -0.4 is 16.0 Å². The number of carbonyl (C=O) groups is 4. The Kier molecular flexibility index (Phi) is 6.43. The maximum absolute atomic E-state index is 13.1. The van der Waals surface area contributed by atoms with Crippen molar-refractivity contribution in [3.63, 3.8) is 0 Å². The first-order valence-corrected chi connectivity index (χ1v) is 10.7. The number of piperidine rings is 1. The van der Waals surface area contributed by atoms with Gasteiger partial charge in [0.1, 0.15) is 6.04 Å². The van der Waals surface area contributed by atoms with Crippen molar-refractivity contribution in [3.05, 3.63) is 70.8 Å². The Balaban J connectivity index is 1.45. The molecule has 1 fully saturated rings. The number of nitrogens with zero attached hydrogens (tertiary/aromatic N) is 1. The van der Waals surface area contributed by atoms with Crippen LogP contribution >= 0.6 is 0 Å². The molecule has 166 valence electrons. The van der Waals surface area contributed by atoms with Gasteiger partial charge in [0.15, 0.2) is 0 Å². The van der Waals surface area contributed by atoms with Gasteiger partial charge in [-0.2, -0.15) is 0 Å². The molecule has 2 aromatic carbocycles. The van der Waals surface area contributed by atoms with Gasteiger partial charge in [0.2, 0.25) is 11.8 Å². The Morgan fingerprint density at radius 1 is 1.03 bits per heavy atom. The first kappa shape index (κ1) is 21.9. The number of carbonyl (C=O) groups excluding carboxylic acids is 4. The van der Waals surface area contributed by atoms with Gasteiger partial charge in [0.05, 0.1) is 11.1 Å². The molecule has 2 aromatic rings. The zero-order valence-electron chi connectivity index (χ0n) is 17.9. The monoisotopic (exact) mass is 434 g/mol. The molecule has 0 saturated carbocycles. The molecule has 3 N–H and O–H groups in total. The maximum atomic E-state index is 13.1. The number of hydrogen-bond donors (Lipinski definition) is 3. The summed E-state index contributed by atoms with van der Waals surface area (Å²) in [7, 11) is 1.91. The third-order valence-electron chi connectivity index (χ3n) is 5.99. The van der Waals surface area contributed by atoms with Crippen LogP contribution in [0.4, 0.5) is 0 Å². The second-order valence-electron chi connectivity index (χ2n) is 8.09. The molecular formula is C24H26N4O4. The minimum Gasteiger partial charge on any atom is -0.315 e. The number of fused-ring (bicyclic) bond motifs is 1. The summed E-state index contributed by atoms with van der Waals surface area (Å²) in [6.07, 6.45) is 1.11. The number of rotatable bonds is 8. The topological polar surface area (TPSA) is 108 Å². The van der Waals surface area contributed by atoms with Crippen LogP contribution in [0.25, 0.3) is 0 Å². The Bertz CT molecular complexity index is 1050. The SMILES string of the molecule is CNC(CNCc1cccc2c1C(=O)N(C1CCC(=O)NC1=O)C2=O)Cc1ccccc1. The molecule has 0 aromatic heterocycles. The second kappa shape index (κ2) is 9.42. The van der Waals surface area contributed by atoms with Gasteiger partial charge < -0.3 is 10.6 Å². The summed E-state index contributed by atoms with van der Waals surface area (Å²) >= 11 is 0. The molecular weight excluding hydrogens is 408 g/mol. The highest BCUT2D eigenvalue weighted by molar-refractivity contribution is 6.24. The van der Waals surface area contributed by atoms with Crippen molar-refractivity contribution >= 4 is 23.6 Å². The van der Waals surface area contributed by atoms with E-state index in [1.54, 1.807) is 12.1 Å². The molecule has 0 radical (unpaired) electrons. The van der Waals surface area contributed by atoms with E-state index in [4.69, 9.17) is 0 Å². The lowest BCUT2D eigenvalue weighted by Gasteiger charge is -2.27. The summed E-state index contributed by atoms with van der Waals surface area (Å²) in [4.78, 5) is 50.8. The molecule has 2 unspecified atom stereocenters. The smallest absolute Gasteiger partial charge is 0.262 e.